The Labute approximate surface area is 250 Å². The first-order valence-electron chi connectivity index (χ1n) is 13.5. The van der Waals surface area contributed by atoms with E-state index in [0.29, 0.717) is 16.9 Å². The Bertz CT molecular complexity index is 1760. The monoisotopic (exact) mass is 608 g/mol. The molecule has 2 heterocycles. The molecule has 1 unspecified atom stereocenters. The predicted molar refractivity (Wildman–Crippen MR) is 156 cm³/mol. The molecule has 0 bridgehead atoms. The van der Waals surface area contributed by atoms with Crippen LogP contribution in [0.5, 0.6) is 11.6 Å². The van der Waals surface area contributed by atoms with Crippen LogP contribution in [0.2, 0.25) is 0 Å². The minimum absolute atomic E-state index is 0.0230. The normalized spacial score (nSPS) is 12.3. The fourth-order valence-electron chi connectivity index (χ4n) is 4.36. The summed E-state index contributed by atoms with van der Waals surface area (Å²) in [6, 6.07) is 21.6. The first kappa shape index (κ1) is 30.3. The highest BCUT2D eigenvalue weighted by molar-refractivity contribution is 5.90. The third kappa shape index (κ3) is 7.08. The zero-order chi connectivity index (χ0) is 31.4. The molecule has 44 heavy (non-hydrogen) atoms. The lowest BCUT2D eigenvalue weighted by molar-refractivity contribution is -0.0683. The Morgan fingerprint density at radius 3 is 2.34 bits per heavy atom. The zero-order valence-corrected chi connectivity index (χ0v) is 23.9. The van der Waals surface area contributed by atoms with Crippen molar-refractivity contribution in [1.82, 2.24) is 14.5 Å². The number of nitrogens with one attached hydrogen (secondary N) is 1. The summed E-state index contributed by atoms with van der Waals surface area (Å²) in [5, 5.41) is 2.63. The number of anilines is 1. The molecule has 3 aromatic carbocycles. The molecule has 8 nitrogen and oxygen atoms in total. The Hall–Kier alpha value is -5.13. The van der Waals surface area contributed by atoms with Gasteiger partial charge in [0.2, 0.25) is 5.88 Å². The number of halogens is 4. The van der Waals surface area contributed by atoms with Crippen LogP contribution >= 0.6 is 0 Å². The summed E-state index contributed by atoms with van der Waals surface area (Å²) < 4.78 is 73.2. The van der Waals surface area contributed by atoms with Gasteiger partial charge in [-0.15, -0.1) is 0 Å². The number of rotatable bonds is 9. The Balaban J connectivity index is 1.55. The molecule has 0 fully saturated rings. The largest absolute Gasteiger partial charge is 0.489 e. The van der Waals surface area contributed by atoms with Gasteiger partial charge in [-0.1, -0.05) is 42.5 Å². The second-order valence-corrected chi connectivity index (χ2v) is 10.7. The number of benzene rings is 3. The van der Waals surface area contributed by atoms with Crippen molar-refractivity contribution in [2.75, 3.05) is 5.32 Å². The maximum atomic E-state index is 15.8. The van der Waals surface area contributed by atoms with Crippen LogP contribution in [0.3, 0.4) is 0 Å². The van der Waals surface area contributed by atoms with Gasteiger partial charge in [0.15, 0.2) is 5.82 Å². The molecule has 228 valence electrons. The molecule has 0 aliphatic rings. The number of aromatic nitrogens is 3. The molecule has 2 aromatic heterocycles. The number of amides is 1. The van der Waals surface area contributed by atoms with E-state index in [1.165, 1.54) is 16.7 Å². The standard InChI is InChI=1S/C32H28F4N4O4/c1-32(2,3)44-31(41)39-21-11-9-20(10-12-21)26-16-24-27(30(38-18-37-24)43-29(36)28(34)35)40(26)25-14-13-22(15-23(25)33)42-17-19-7-5-4-6-8-19/h4-16,18,28-29H,17H2,1-3H3,(H,39,41). The lowest BCUT2D eigenvalue weighted by Crippen LogP contribution is -2.27. The van der Waals surface area contributed by atoms with Crippen molar-refractivity contribution in [2.45, 2.75) is 45.8 Å². The molecular weight excluding hydrogens is 580 g/mol. The Morgan fingerprint density at radius 1 is 0.955 bits per heavy atom. The fourth-order valence-corrected chi connectivity index (χ4v) is 4.36. The SMILES string of the molecule is CC(C)(C)OC(=O)Nc1ccc(-c2cc3ncnc(OC(F)C(F)F)c3n2-c2ccc(OCc3ccccc3)cc2F)cc1. The molecule has 0 aliphatic heterocycles. The lowest BCUT2D eigenvalue weighted by Gasteiger charge is -2.19. The zero-order valence-electron chi connectivity index (χ0n) is 23.9. The first-order chi connectivity index (χ1) is 21.0. The van der Waals surface area contributed by atoms with Crippen LogP contribution in [0.15, 0.2) is 85.2 Å². The summed E-state index contributed by atoms with van der Waals surface area (Å²) in [6.45, 7) is 5.42. The molecule has 0 radical (unpaired) electrons. The summed E-state index contributed by atoms with van der Waals surface area (Å²) in [4.78, 5) is 20.3. The van der Waals surface area contributed by atoms with Crippen LogP contribution in [0.25, 0.3) is 28.0 Å². The number of carbonyl (C=O) groups is 1. The van der Waals surface area contributed by atoms with Crippen molar-refractivity contribution < 1.29 is 36.6 Å². The van der Waals surface area contributed by atoms with Gasteiger partial charge in [-0.2, -0.15) is 9.37 Å². The van der Waals surface area contributed by atoms with E-state index in [4.69, 9.17) is 14.2 Å². The van der Waals surface area contributed by atoms with Gasteiger partial charge in [0.05, 0.1) is 16.9 Å². The van der Waals surface area contributed by atoms with Gasteiger partial charge >= 0.3 is 12.5 Å². The predicted octanol–water partition coefficient (Wildman–Crippen LogP) is 8.09. The van der Waals surface area contributed by atoms with E-state index < -0.39 is 36.2 Å². The van der Waals surface area contributed by atoms with E-state index in [1.54, 1.807) is 57.2 Å². The highest BCUT2D eigenvalue weighted by Gasteiger charge is 2.26. The van der Waals surface area contributed by atoms with Crippen LogP contribution in [-0.4, -0.2) is 39.0 Å². The molecule has 0 saturated heterocycles. The average Bonchev–Trinajstić information content (AvgIpc) is 3.36. The smallest absolute Gasteiger partial charge is 0.412 e. The number of fused-ring (bicyclic) bond motifs is 1. The van der Waals surface area contributed by atoms with Crippen molar-refractivity contribution in [2.24, 2.45) is 0 Å². The van der Waals surface area contributed by atoms with E-state index in [-0.39, 0.29) is 29.1 Å². The van der Waals surface area contributed by atoms with E-state index in [1.807, 2.05) is 30.3 Å². The summed E-state index contributed by atoms with van der Waals surface area (Å²) in [5.41, 5.74) is 1.64. The Kier molecular flexibility index (Phi) is 8.70. The summed E-state index contributed by atoms with van der Waals surface area (Å²) in [5.74, 6) is -0.973. The van der Waals surface area contributed by atoms with Crippen LogP contribution in [0.4, 0.5) is 28.0 Å². The van der Waals surface area contributed by atoms with E-state index in [9.17, 15) is 18.0 Å². The molecule has 5 aromatic rings. The fraction of sp³-hybridized carbons (Fsp3) is 0.219. The summed E-state index contributed by atoms with van der Waals surface area (Å²) >= 11 is 0. The van der Waals surface area contributed by atoms with Crippen LogP contribution < -0.4 is 14.8 Å². The first-order valence-corrected chi connectivity index (χ1v) is 13.5. The molecule has 12 heteroatoms. The van der Waals surface area contributed by atoms with Gasteiger partial charge in [0.25, 0.3) is 6.36 Å². The quantitative estimate of drug-likeness (QED) is 0.170. The molecule has 1 N–H and O–H groups in total. The molecule has 0 spiro atoms. The second-order valence-electron chi connectivity index (χ2n) is 10.7. The van der Waals surface area contributed by atoms with Crippen molar-refractivity contribution in [3.63, 3.8) is 0 Å². The van der Waals surface area contributed by atoms with Gasteiger partial charge in [-0.05, 0) is 62.2 Å². The number of nitrogens with zero attached hydrogens (tertiary/aromatic N) is 3. The third-order valence-corrected chi connectivity index (χ3v) is 6.21. The second kappa shape index (κ2) is 12.6. The number of alkyl halides is 3. The van der Waals surface area contributed by atoms with Crippen LogP contribution in [0, 0.1) is 5.82 Å². The van der Waals surface area contributed by atoms with Gasteiger partial charge in [-0.25, -0.2) is 22.9 Å². The number of carbonyl (C=O) groups excluding carboxylic acids is 1. The van der Waals surface area contributed by atoms with Gasteiger partial charge < -0.3 is 18.8 Å². The molecule has 0 saturated carbocycles. The minimum Gasteiger partial charge on any atom is -0.489 e. The Morgan fingerprint density at radius 2 is 1.68 bits per heavy atom. The highest BCUT2D eigenvalue weighted by Crippen LogP contribution is 2.37. The van der Waals surface area contributed by atoms with Gasteiger partial charge in [0, 0.05) is 11.8 Å². The van der Waals surface area contributed by atoms with Crippen molar-refractivity contribution in [3.8, 4) is 28.6 Å². The number of hydrogen-bond donors (Lipinski definition) is 1. The molecule has 0 aliphatic carbocycles. The van der Waals surface area contributed by atoms with Crippen molar-refractivity contribution in [3.05, 3.63) is 96.6 Å². The van der Waals surface area contributed by atoms with E-state index in [2.05, 4.69) is 15.3 Å². The average molecular weight is 609 g/mol. The highest BCUT2D eigenvalue weighted by atomic mass is 19.3. The van der Waals surface area contributed by atoms with Gasteiger partial charge in [-0.3, -0.25) is 5.32 Å². The number of hydrogen-bond acceptors (Lipinski definition) is 6. The molecular formula is C32H28F4N4O4. The van der Waals surface area contributed by atoms with E-state index in [0.717, 1.165) is 11.9 Å². The summed E-state index contributed by atoms with van der Waals surface area (Å²) in [7, 11) is 0. The maximum Gasteiger partial charge on any atom is 0.412 e. The van der Waals surface area contributed by atoms with Crippen LogP contribution in [0.1, 0.15) is 26.3 Å². The maximum absolute atomic E-state index is 15.8. The van der Waals surface area contributed by atoms with E-state index >= 15 is 4.39 Å². The van der Waals surface area contributed by atoms with Crippen LogP contribution in [-0.2, 0) is 11.3 Å². The minimum atomic E-state index is -3.44. The van der Waals surface area contributed by atoms with Crippen molar-refractivity contribution in [1.29, 1.82) is 0 Å². The lowest BCUT2D eigenvalue weighted by atomic mass is 10.1. The van der Waals surface area contributed by atoms with Gasteiger partial charge in [0.1, 0.15) is 29.8 Å². The number of ether oxygens (including phenoxy) is 3. The molecule has 1 amide bonds. The van der Waals surface area contributed by atoms with Crippen molar-refractivity contribution >= 4 is 22.8 Å². The molecule has 5 rings (SSSR count). The molecule has 1 atom stereocenters. The summed E-state index contributed by atoms with van der Waals surface area (Å²) in [6.07, 6.45) is -6.02. The third-order valence-electron chi connectivity index (χ3n) is 6.21. The topological polar surface area (TPSA) is 87.5 Å².